The maximum atomic E-state index is 12.0. The Bertz CT molecular complexity index is 816. The molecule has 2 rings (SSSR count). The van der Waals surface area contributed by atoms with Crippen LogP contribution in [-0.4, -0.2) is 26.8 Å². The van der Waals surface area contributed by atoms with E-state index in [9.17, 15) is 14.9 Å². The normalized spacial score (nSPS) is 11.0. The quantitative estimate of drug-likeness (QED) is 0.463. The first-order chi connectivity index (χ1) is 11.9. The Balaban J connectivity index is 2.08. The number of rotatable bonds is 7. The van der Waals surface area contributed by atoms with Crippen LogP contribution in [-0.2, 0) is 6.54 Å². The molecule has 0 bridgehead atoms. The molecule has 0 fully saturated rings. The molecule has 0 aliphatic carbocycles. The monoisotopic (exact) mass is 363 g/mol. The molecular formula is C16H18ClN5O3. The number of nitro groups is 1. The summed E-state index contributed by atoms with van der Waals surface area (Å²) in [7, 11) is 0. The van der Waals surface area contributed by atoms with Gasteiger partial charge in [-0.1, -0.05) is 31.0 Å². The zero-order valence-electron chi connectivity index (χ0n) is 13.9. The fourth-order valence-corrected chi connectivity index (χ4v) is 2.46. The Labute approximate surface area is 149 Å². The van der Waals surface area contributed by atoms with E-state index in [4.69, 9.17) is 11.6 Å². The molecule has 25 heavy (non-hydrogen) atoms. The first-order valence-electron chi connectivity index (χ1n) is 7.74. The molecule has 0 unspecified atom stereocenters. The van der Waals surface area contributed by atoms with Gasteiger partial charge in [-0.3, -0.25) is 19.6 Å². The lowest BCUT2D eigenvalue weighted by Crippen LogP contribution is -2.17. The molecule has 0 saturated carbocycles. The van der Waals surface area contributed by atoms with Crippen LogP contribution in [0.5, 0.6) is 0 Å². The van der Waals surface area contributed by atoms with E-state index in [2.05, 4.69) is 22.5 Å². The third kappa shape index (κ3) is 4.63. The van der Waals surface area contributed by atoms with E-state index < -0.39 is 10.8 Å². The standard InChI is InChI=1S/C16H18ClN5O3/c1-3-4-8-21-15(17)14(11(2)20-21)10-18-19-16(23)12-6-5-7-13(9-12)22(24)25/h5-7,9-10H,3-4,8H2,1-2H3,(H,19,23)/b18-10-. The van der Waals surface area contributed by atoms with Crippen LogP contribution < -0.4 is 5.43 Å². The Kier molecular flexibility index (Phi) is 6.24. The van der Waals surface area contributed by atoms with Crippen LogP contribution in [0, 0.1) is 17.0 Å². The van der Waals surface area contributed by atoms with Gasteiger partial charge >= 0.3 is 0 Å². The highest BCUT2D eigenvalue weighted by Crippen LogP contribution is 2.18. The zero-order valence-corrected chi connectivity index (χ0v) is 14.7. The topological polar surface area (TPSA) is 102 Å². The molecule has 0 aliphatic rings. The highest BCUT2D eigenvalue weighted by Gasteiger charge is 2.13. The average Bonchev–Trinajstić information content (AvgIpc) is 2.87. The van der Waals surface area contributed by atoms with Crippen molar-refractivity contribution in [2.24, 2.45) is 5.10 Å². The minimum absolute atomic E-state index is 0.146. The number of hydrogen-bond donors (Lipinski definition) is 1. The lowest BCUT2D eigenvalue weighted by atomic mass is 10.2. The summed E-state index contributed by atoms with van der Waals surface area (Å²) in [6, 6.07) is 5.41. The van der Waals surface area contributed by atoms with Gasteiger partial charge in [-0.05, 0) is 19.4 Å². The predicted molar refractivity (Wildman–Crippen MR) is 95.0 cm³/mol. The number of amides is 1. The van der Waals surface area contributed by atoms with Crippen LogP contribution in [0.3, 0.4) is 0 Å². The molecule has 0 aliphatic heterocycles. The van der Waals surface area contributed by atoms with Gasteiger partial charge in [0.25, 0.3) is 11.6 Å². The van der Waals surface area contributed by atoms with Gasteiger partial charge in [0.2, 0.25) is 0 Å². The predicted octanol–water partition coefficient (Wildman–Crippen LogP) is 3.32. The van der Waals surface area contributed by atoms with Gasteiger partial charge in [-0.15, -0.1) is 0 Å². The van der Waals surface area contributed by atoms with Crippen molar-refractivity contribution in [2.45, 2.75) is 33.2 Å². The van der Waals surface area contributed by atoms with E-state index in [1.54, 1.807) is 11.6 Å². The lowest BCUT2D eigenvalue weighted by molar-refractivity contribution is -0.384. The summed E-state index contributed by atoms with van der Waals surface area (Å²) in [5.74, 6) is -0.549. The van der Waals surface area contributed by atoms with E-state index in [0.717, 1.165) is 12.8 Å². The summed E-state index contributed by atoms with van der Waals surface area (Å²) in [6.07, 6.45) is 3.40. The van der Waals surface area contributed by atoms with Crippen molar-refractivity contribution in [3.63, 3.8) is 0 Å². The van der Waals surface area contributed by atoms with Crippen molar-refractivity contribution in [3.8, 4) is 0 Å². The van der Waals surface area contributed by atoms with E-state index in [1.165, 1.54) is 30.5 Å². The molecule has 132 valence electrons. The summed E-state index contributed by atoms with van der Waals surface area (Å²) in [6.45, 7) is 4.60. The molecule has 0 spiro atoms. The molecule has 2 aromatic rings. The largest absolute Gasteiger partial charge is 0.271 e. The number of carbonyl (C=O) groups is 1. The molecule has 1 heterocycles. The molecule has 1 aromatic heterocycles. The fourth-order valence-electron chi connectivity index (χ4n) is 2.15. The van der Waals surface area contributed by atoms with Crippen LogP contribution >= 0.6 is 11.6 Å². The number of nitro benzene ring substituents is 1. The van der Waals surface area contributed by atoms with E-state index >= 15 is 0 Å². The minimum Gasteiger partial charge on any atom is -0.267 e. The molecule has 1 N–H and O–H groups in total. The van der Waals surface area contributed by atoms with E-state index in [-0.39, 0.29) is 11.3 Å². The van der Waals surface area contributed by atoms with Crippen molar-refractivity contribution in [3.05, 3.63) is 56.4 Å². The summed E-state index contributed by atoms with van der Waals surface area (Å²) < 4.78 is 1.70. The molecule has 1 aromatic carbocycles. The number of unbranched alkanes of at least 4 members (excludes halogenated alkanes) is 1. The van der Waals surface area contributed by atoms with Gasteiger partial charge in [0.1, 0.15) is 5.15 Å². The lowest BCUT2D eigenvalue weighted by Gasteiger charge is -2.01. The van der Waals surface area contributed by atoms with Crippen molar-refractivity contribution in [1.82, 2.24) is 15.2 Å². The molecular weight excluding hydrogens is 346 g/mol. The highest BCUT2D eigenvalue weighted by atomic mass is 35.5. The second-order valence-corrected chi connectivity index (χ2v) is 5.73. The van der Waals surface area contributed by atoms with Gasteiger partial charge in [-0.25, -0.2) is 5.43 Å². The number of halogens is 1. The number of hydrogen-bond acceptors (Lipinski definition) is 5. The molecule has 8 nitrogen and oxygen atoms in total. The second kappa shape index (κ2) is 8.39. The Morgan fingerprint density at radius 2 is 2.28 bits per heavy atom. The van der Waals surface area contributed by atoms with Crippen LogP contribution in [0.25, 0.3) is 0 Å². The minimum atomic E-state index is -0.562. The van der Waals surface area contributed by atoms with Gasteiger partial charge < -0.3 is 0 Å². The Hall–Kier alpha value is -2.74. The molecule has 0 radical (unpaired) electrons. The van der Waals surface area contributed by atoms with Crippen molar-refractivity contribution < 1.29 is 9.72 Å². The number of aryl methyl sites for hydroxylation is 2. The summed E-state index contributed by atoms with van der Waals surface area (Å²) in [4.78, 5) is 22.2. The number of benzene rings is 1. The number of aromatic nitrogens is 2. The summed E-state index contributed by atoms with van der Waals surface area (Å²) in [5, 5.41) is 19.4. The molecule has 9 heteroatoms. The van der Waals surface area contributed by atoms with Gasteiger partial charge in [0.15, 0.2) is 0 Å². The maximum absolute atomic E-state index is 12.0. The fraction of sp³-hybridized carbons (Fsp3) is 0.312. The van der Waals surface area contributed by atoms with Crippen LogP contribution in [0.2, 0.25) is 5.15 Å². The maximum Gasteiger partial charge on any atom is 0.271 e. The highest BCUT2D eigenvalue weighted by molar-refractivity contribution is 6.32. The summed E-state index contributed by atoms with van der Waals surface area (Å²) >= 11 is 6.27. The number of nitrogens with zero attached hydrogens (tertiary/aromatic N) is 4. The first kappa shape index (κ1) is 18.6. The molecule has 1 amide bonds. The van der Waals surface area contributed by atoms with Crippen molar-refractivity contribution in [2.75, 3.05) is 0 Å². The second-order valence-electron chi connectivity index (χ2n) is 5.37. The first-order valence-corrected chi connectivity index (χ1v) is 8.12. The molecule has 0 saturated heterocycles. The average molecular weight is 364 g/mol. The number of nitrogens with one attached hydrogen (secondary N) is 1. The number of hydrazone groups is 1. The van der Waals surface area contributed by atoms with Crippen molar-refractivity contribution >= 4 is 29.4 Å². The van der Waals surface area contributed by atoms with E-state index in [1.807, 2.05) is 0 Å². The van der Waals surface area contributed by atoms with Gasteiger partial charge in [-0.2, -0.15) is 10.2 Å². The van der Waals surface area contributed by atoms with Crippen LogP contribution in [0.15, 0.2) is 29.4 Å². The van der Waals surface area contributed by atoms with Crippen molar-refractivity contribution in [1.29, 1.82) is 0 Å². The van der Waals surface area contributed by atoms with Crippen LogP contribution in [0.4, 0.5) is 5.69 Å². The third-order valence-corrected chi connectivity index (χ3v) is 3.91. The van der Waals surface area contributed by atoms with Gasteiger partial charge in [0, 0.05) is 24.2 Å². The smallest absolute Gasteiger partial charge is 0.267 e. The Morgan fingerprint density at radius 3 is 2.96 bits per heavy atom. The van der Waals surface area contributed by atoms with E-state index in [0.29, 0.717) is 23.0 Å². The molecule has 0 atom stereocenters. The van der Waals surface area contributed by atoms with Gasteiger partial charge in [0.05, 0.1) is 22.4 Å². The van der Waals surface area contributed by atoms with Crippen LogP contribution in [0.1, 0.15) is 41.4 Å². The Morgan fingerprint density at radius 1 is 1.52 bits per heavy atom. The zero-order chi connectivity index (χ0) is 18.4. The summed E-state index contributed by atoms with van der Waals surface area (Å²) in [5.41, 5.74) is 3.64. The third-order valence-electron chi connectivity index (χ3n) is 3.51. The SMILES string of the molecule is CCCCn1nc(C)c(/C=N\NC(=O)c2cccc([N+](=O)[O-])c2)c1Cl. The number of non-ortho nitro benzene ring substituents is 1. The number of carbonyl (C=O) groups excluding carboxylic acids is 1.